The highest BCUT2D eigenvalue weighted by molar-refractivity contribution is 4.59. The third kappa shape index (κ3) is 5.77. The van der Waals surface area contributed by atoms with Crippen LogP contribution in [-0.2, 0) is 0 Å². The van der Waals surface area contributed by atoms with Crippen LogP contribution in [0.15, 0.2) is 0 Å². The molecule has 1 atom stereocenters. The van der Waals surface area contributed by atoms with E-state index in [2.05, 4.69) is 6.92 Å². The molecule has 0 saturated heterocycles. The molecule has 2 N–H and O–H groups in total. The lowest BCUT2D eigenvalue weighted by Gasteiger charge is -2.06. The van der Waals surface area contributed by atoms with Crippen LogP contribution in [-0.4, -0.2) is 12.7 Å². The minimum absolute atomic E-state index is 0.0925. The zero-order valence-electron chi connectivity index (χ0n) is 6.07. The van der Waals surface area contributed by atoms with E-state index in [1.165, 1.54) is 0 Å². The summed E-state index contributed by atoms with van der Waals surface area (Å²) in [5.74, 6) is 0. The summed E-state index contributed by atoms with van der Waals surface area (Å²) in [4.78, 5) is 0. The molecule has 0 aliphatic rings. The number of nitrogens with two attached hydrogens (primary N) is 1. The Morgan fingerprint density at radius 2 is 2.11 bits per heavy atom. The molecular weight excluding hydrogens is 117 g/mol. The highest BCUT2D eigenvalue weighted by Crippen LogP contribution is 2.01. The Morgan fingerprint density at radius 1 is 1.44 bits per heavy atom. The van der Waals surface area contributed by atoms with E-state index in [9.17, 15) is 4.39 Å². The predicted octanol–water partition coefficient (Wildman–Crippen LogP) is 1.86. The zero-order chi connectivity index (χ0) is 7.11. The van der Waals surface area contributed by atoms with Gasteiger partial charge in [0, 0.05) is 6.04 Å². The topological polar surface area (TPSA) is 26.0 Å². The summed E-state index contributed by atoms with van der Waals surface area (Å²) in [5.41, 5.74) is 5.53. The van der Waals surface area contributed by atoms with Crippen LogP contribution >= 0.6 is 0 Å². The van der Waals surface area contributed by atoms with E-state index in [4.69, 9.17) is 5.73 Å². The number of alkyl halides is 1. The third-order valence-corrected chi connectivity index (χ3v) is 1.41. The molecule has 0 rings (SSSR count). The van der Waals surface area contributed by atoms with Crippen LogP contribution in [0, 0.1) is 0 Å². The summed E-state index contributed by atoms with van der Waals surface area (Å²) in [6.45, 7) is 1.84. The molecule has 0 aliphatic carbocycles. The summed E-state index contributed by atoms with van der Waals surface area (Å²) in [6.07, 6.45) is 3.78. The van der Waals surface area contributed by atoms with Gasteiger partial charge in [-0.15, -0.1) is 0 Å². The van der Waals surface area contributed by atoms with Crippen molar-refractivity contribution in [2.24, 2.45) is 5.73 Å². The Labute approximate surface area is 56.4 Å². The van der Waals surface area contributed by atoms with Gasteiger partial charge in [-0.05, 0) is 12.8 Å². The lowest BCUT2D eigenvalue weighted by Crippen LogP contribution is -2.19. The molecule has 0 aromatic heterocycles. The first-order valence-corrected chi connectivity index (χ1v) is 3.62. The predicted molar refractivity (Wildman–Crippen MR) is 38.1 cm³/mol. The molecule has 0 unspecified atom stereocenters. The van der Waals surface area contributed by atoms with Crippen LogP contribution in [0.3, 0.4) is 0 Å². The van der Waals surface area contributed by atoms with Crippen molar-refractivity contribution in [2.45, 2.75) is 38.6 Å². The van der Waals surface area contributed by atoms with Gasteiger partial charge in [-0.1, -0.05) is 19.8 Å². The van der Waals surface area contributed by atoms with Crippen molar-refractivity contribution in [3.63, 3.8) is 0 Å². The maximum absolute atomic E-state index is 11.6. The van der Waals surface area contributed by atoms with E-state index < -0.39 is 0 Å². The van der Waals surface area contributed by atoms with Crippen molar-refractivity contribution in [3.8, 4) is 0 Å². The van der Waals surface area contributed by atoms with Gasteiger partial charge in [0.05, 0.1) is 6.67 Å². The van der Waals surface area contributed by atoms with Gasteiger partial charge in [-0.3, -0.25) is 4.39 Å². The Bertz CT molecular complexity index is 56.9. The fourth-order valence-corrected chi connectivity index (χ4v) is 0.751. The van der Waals surface area contributed by atoms with Gasteiger partial charge in [-0.25, -0.2) is 0 Å². The Hall–Kier alpha value is -0.110. The number of hydrogen-bond acceptors (Lipinski definition) is 1. The van der Waals surface area contributed by atoms with E-state index in [1.54, 1.807) is 0 Å². The minimum Gasteiger partial charge on any atom is -0.328 e. The molecule has 0 aromatic carbocycles. The van der Waals surface area contributed by atoms with Crippen molar-refractivity contribution in [3.05, 3.63) is 0 Å². The van der Waals surface area contributed by atoms with Crippen LogP contribution in [0.25, 0.3) is 0 Å². The van der Waals surface area contributed by atoms with Crippen LogP contribution in [0.1, 0.15) is 32.6 Å². The molecule has 56 valence electrons. The van der Waals surface area contributed by atoms with Gasteiger partial charge >= 0.3 is 0 Å². The van der Waals surface area contributed by atoms with Crippen LogP contribution < -0.4 is 5.73 Å². The fourth-order valence-electron chi connectivity index (χ4n) is 0.751. The summed E-state index contributed by atoms with van der Waals surface area (Å²) >= 11 is 0. The number of halogens is 1. The normalized spacial score (nSPS) is 13.7. The molecule has 0 heterocycles. The highest BCUT2D eigenvalue weighted by Gasteiger charge is 1.99. The molecule has 0 fully saturated rings. The van der Waals surface area contributed by atoms with Crippen molar-refractivity contribution in [1.82, 2.24) is 0 Å². The molecule has 9 heavy (non-hydrogen) atoms. The molecule has 0 saturated carbocycles. The molecule has 0 spiro atoms. The molecule has 0 aliphatic heterocycles. The van der Waals surface area contributed by atoms with Crippen molar-refractivity contribution in [2.75, 3.05) is 6.67 Å². The average Bonchev–Trinajstić information content (AvgIpc) is 1.85. The van der Waals surface area contributed by atoms with Crippen LogP contribution in [0.5, 0.6) is 0 Å². The lowest BCUT2D eigenvalue weighted by molar-refractivity contribution is 0.420. The largest absolute Gasteiger partial charge is 0.328 e. The first-order chi connectivity index (χ1) is 4.31. The zero-order valence-corrected chi connectivity index (χ0v) is 6.07. The first-order valence-electron chi connectivity index (χ1n) is 3.62. The first kappa shape index (κ1) is 8.89. The highest BCUT2D eigenvalue weighted by atomic mass is 19.1. The molecular formula is C7H16FN. The molecule has 1 nitrogen and oxygen atoms in total. The Balaban J connectivity index is 2.95. The van der Waals surface area contributed by atoms with E-state index in [1.807, 2.05) is 0 Å². The maximum Gasteiger partial charge on any atom is 0.0909 e. The van der Waals surface area contributed by atoms with E-state index in [0.29, 0.717) is 6.42 Å². The van der Waals surface area contributed by atoms with Gasteiger partial charge in [0.15, 0.2) is 0 Å². The molecule has 0 aromatic rings. The summed E-state index contributed by atoms with van der Waals surface area (Å²) in [5, 5.41) is 0. The molecule has 0 amide bonds. The maximum atomic E-state index is 11.6. The van der Waals surface area contributed by atoms with Crippen LogP contribution in [0.4, 0.5) is 4.39 Å². The van der Waals surface area contributed by atoms with Gasteiger partial charge < -0.3 is 5.73 Å². The third-order valence-electron chi connectivity index (χ3n) is 1.41. The number of hydrogen-bond donors (Lipinski definition) is 1. The number of rotatable bonds is 5. The Kier molecular flexibility index (Phi) is 5.94. The lowest BCUT2D eigenvalue weighted by atomic mass is 10.1. The minimum atomic E-state index is -0.273. The van der Waals surface area contributed by atoms with E-state index in [-0.39, 0.29) is 12.7 Å². The van der Waals surface area contributed by atoms with Gasteiger partial charge in [-0.2, -0.15) is 0 Å². The summed E-state index contributed by atoms with van der Waals surface area (Å²) < 4.78 is 11.6. The van der Waals surface area contributed by atoms with E-state index in [0.717, 1.165) is 19.3 Å². The van der Waals surface area contributed by atoms with Gasteiger partial charge in [0.2, 0.25) is 0 Å². The average molecular weight is 133 g/mol. The second kappa shape index (κ2) is 6.02. The summed E-state index contributed by atoms with van der Waals surface area (Å²) in [6, 6.07) is 0.0925. The molecule has 0 bridgehead atoms. The molecule has 2 heteroatoms. The van der Waals surface area contributed by atoms with Crippen LogP contribution in [0.2, 0.25) is 0 Å². The van der Waals surface area contributed by atoms with Crippen molar-refractivity contribution >= 4 is 0 Å². The molecule has 0 radical (unpaired) electrons. The Morgan fingerprint density at radius 3 is 2.56 bits per heavy atom. The number of unbranched alkanes of at least 4 members (excludes halogenated alkanes) is 1. The quantitative estimate of drug-likeness (QED) is 0.608. The summed E-state index contributed by atoms with van der Waals surface area (Å²) in [7, 11) is 0. The standard InChI is InChI=1S/C7H16FN/c1-2-3-4-7(9)5-6-8/h7H,2-6,9H2,1H3/t7-/m1/s1. The monoisotopic (exact) mass is 133 g/mol. The SMILES string of the molecule is CCCC[C@@H](N)CCF. The second-order valence-corrected chi connectivity index (χ2v) is 2.38. The second-order valence-electron chi connectivity index (χ2n) is 2.38. The van der Waals surface area contributed by atoms with E-state index >= 15 is 0 Å². The fraction of sp³-hybridized carbons (Fsp3) is 1.00. The van der Waals surface area contributed by atoms with Crippen molar-refractivity contribution < 1.29 is 4.39 Å². The van der Waals surface area contributed by atoms with Gasteiger partial charge in [0.25, 0.3) is 0 Å². The van der Waals surface area contributed by atoms with Gasteiger partial charge in [0.1, 0.15) is 0 Å². The smallest absolute Gasteiger partial charge is 0.0909 e. The van der Waals surface area contributed by atoms with Crippen molar-refractivity contribution in [1.29, 1.82) is 0 Å².